The van der Waals surface area contributed by atoms with Crippen molar-refractivity contribution in [2.45, 2.75) is 13.3 Å². The van der Waals surface area contributed by atoms with Gasteiger partial charge in [0.05, 0.1) is 0 Å². The van der Waals surface area contributed by atoms with E-state index in [0.29, 0.717) is 0 Å². The van der Waals surface area contributed by atoms with Crippen molar-refractivity contribution < 1.29 is 0 Å². The van der Waals surface area contributed by atoms with Crippen LogP contribution in [0.4, 0.5) is 0 Å². The van der Waals surface area contributed by atoms with Gasteiger partial charge in [-0.25, -0.2) is 0 Å². The lowest BCUT2D eigenvalue weighted by Crippen LogP contribution is -1.99. The largest absolute Gasteiger partial charge is 0.234 e. The molecular formula is C19H16N4S. The van der Waals surface area contributed by atoms with E-state index in [4.69, 9.17) is 0 Å². The van der Waals surface area contributed by atoms with Gasteiger partial charge in [0.15, 0.2) is 5.82 Å². The molecule has 0 radical (unpaired) electrons. The van der Waals surface area contributed by atoms with Crippen LogP contribution in [0.3, 0.4) is 0 Å². The van der Waals surface area contributed by atoms with E-state index in [-0.39, 0.29) is 0 Å². The van der Waals surface area contributed by atoms with Gasteiger partial charge in [-0.05, 0) is 29.7 Å². The van der Waals surface area contributed by atoms with Crippen LogP contribution >= 0.6 is 11.3 Å². The highest BCUT2D eigenvalue weighted by atomic mass is 32.1. The zero-order chi connectivity index (χ0) is 16.4. The summed E-state index contributed by atoms with van der Waals surface area (Å²) < 4.78 is 1.85. The van der Waals surface area contributed by atoms with Crippen LogP contribution in [0.1, 0.15) is 27.5 Å². The first-order chi connectivity index (χ1) is 11.8. The first-order valence-corrected chi connectivity index (χ1v) is 8.60. The number of fused-ring (bicyclic) bond motifs is 1. The zero-order valence-corrected chi connectivity index (χ0v) is 14.1. The minimum atomic E-state index is 0.736. The highest BCUT2D eigenvalue weighted by Crippen LogP contribution is 2.19. The number of aryl methyl sites for hydroxylation is 1. The summed E-state index contributed by atoms with van der Waals surface area (Å²) in [5, 5.41) is 14.1. The summed E-state index contributed by atoms with van der Waals surface area (Å²) in [4.78, 5) is 0.825. The van der Waals surface area contributed by atoms with E-state index in [1.165, 1.54) is 11.1 Å². The van der Waals surface area contributed by atoms with Crippen molar-refractivity contribution in [3.05, 3.63) is 82.1 Å². The Morgan fingerprint density at radius 2 is 1.75 bits per heavy atom. The summed E-state index contributed by atoms with van der Waals surface area (Å²) in [5.41, 5.74) is 3.67. The molecule has 0 aliphatic carbocycles. The van der Waals surface area contributed by atoms with Gasteiger partial charge >= 0.3 is 0 Å². The van der Waals surface area contributed by atoms with Crippen molar-refractivity contribution in [2.75, 3.05) is 0 Å². The number of aromatic nitrogens is 4. The van der Waals surface area contributed by atoms with E-state index in [2.05, 4.69) is 58.6 Å². The van der Waals surface area contributed by atoms with Gasteiger partial charge in [0.25, 0.3) is 0 Å². The molecule has 0 N–H and O–H groups in total. The molecule has 0 unspecified atom stereocenters. The summed E-state index contributed by atoms with van der Waals surface area (Å²) in [6.45, 7) is 2.11. The fraction of sp³-hybridized carbons (Fsp3) is 0.105. The van der Waals surface area contributed by atoms with E-state index < -0.39 is 0 Å². The quantitative estimate of drug-likeness (QED) is 0.561. The number of hydrogen-bond donors (Lipinski definition) is 0. The standard InChI is InChI=1S/C19H16N4S/c1-14-7-5-6-10-16(14)13-17-20-21-19-23(17)22-18(24-19)12-11-15-8-3-2-4-9-15/h2-12H,13H2,1H3/b12-11+. The second-order valence-corrected chi connectivity index (χ2v) is 6.59. The van der Waals surface area contributed by atoms with Gasteiger partial charge in [0, 0.05) is 6.42 Å². The molecule has 5 heteroatoms. The lowest BCUT2D eigenvalue weighted by molar-refractivity contribution is 0.846. The SMILES string of the molecule is Cc1ccccc1Cc1nnc2sc(/C=C/c3ccccc3)nn12. The van der Waals surface area contributed by atoms with Crippen LogP contribution in [0.5, 0.6) is 0 Å². The predicted molar refractivity (Wildman–Crippen MR) is 98.0 cm³/mol. The lowest BCUT2D eigenvalue weighted by Gasteiger charge is -2.02. The van der Waals surface area contributed by atoms with Crippen LogP contribution in [-0.2, 0) is 6.42 Å². The maximum atomic E-state index is 4.64. The average molecular weight is 332 g/mol. The molecule has 4 aromatic rings. The number of benzene rings is 2. The number of hydrogen-bond acceptors (Lipinski definition) is 4. The molecule has 2 heterocycles. The third kappa shape index (κ3) is 2.98. The fourth-order valence-corrected chi connectivity index (χ4v) is 3.32. The van der Waals surface area contributed by atoms with Crippen LogP contribution in [-0.4, -0.2) is 19.8 Å². The van der Waals surface area contributed by atoms with Crippen molar-refractivity contribution in [1.29, 1.82) is 0 Å². The van der Waals surface area contributed by atoms with Crippen LogP contribution in [0.2, 0.25) is 0 Å². The molecule has 0 amide bonds. The van der Waals surface area contributed by atoms with E-state index >= 15 is 0 Å². The zero-order valence-electron chi connectivity index (χ0n) is 13.3. The molecule has 0 fully saturated rings. The topological polar surface area (TPSA) is 43.1 Å². The Bertz CT molecular complexity index is 999. The van der Waals surface area contributed by atoms with E-state index in [9.17, 15) is 0 Å². The molecule has 24 heavy (non-hydrogen) atoms. The fourth-order valence-electron chi connectivity index (χ4n) is 2.56. The molecule has 2 aromatic heterocycles. The van der Waals surface area contributed by atoms with Crippen molar-refractivity contribution in [3.8, 4) is 0 Å². The van der Waals surface area contributed by atoms with Gasteiger partial charge in [-0.2, -0.15) is 9.61 Å². The minimum absolute atomic E-state index is 0.736. The van der Waals surface area contributed by atoms with Crippen molar-refractivity contribution >= 4 is 28.4 Å². The summed E-state index contributed by atoms with van der Waals surface area (Å²) in [7, 11) is 0. The molecule has 0 aliphatic rings. The second-order valence-electron chi connectivity index (χ2n) is 5.60. The number of nitrogens with zero attached hydrogens (tertiary/aromatic N) is 4. The Morgan fingerprint density at radius 3 is 2.58 bits per heavy atom. The van der Waals surface area contributed by atoms with Crippen LogP contribution in [0, 0.1) is 6.92 Å². The molecule has 118 valence electrons. The monoisotopic (exact) mass is 332 g/mol. The molecule has 0 saturated carbocycles. The van der Waals surface area contributed by atoms with Gasteiger partial charge < -0.3 is 0 Å². The van der Waals surface area contributed by atoms with E-state index in [0.717, 1.165) is 27.8 Å². The summed E-state index contributed by atoms with van der Waals surface area (Å²) in [5.74, 6) is 0.870. The molecular weight excluding hydrogens is 316 g/mol. The smallest absolute Gasteiger partial charge is 0.187 e. The molecule has 0 aliphatic heterocycles. The number of rotatable bonds is 4. The van der Waals surface area contributed by atoms with Gasteiger partial charge in [0.2, 0.25) is 4.96 Å². The Kier molecular flexibility index (Phi) is 3.92. The minimum Gasteiger partial charge on any atom is -0.187 e. The third-order valence-electron chi connectivity index (χ3n) is 3.90. The Balaban J connectivity index is 1.62. The van der Waals surface area contributed by atoms with Crippen molar-refractivity contribution in [2.24, 2.45) is 0 Å². The van der Waals surface area contributed by atoms with Gasteiger partial charge in [0.1, 0.15) is 5.01 Å². The van der Waals surface area contributed by atoms with Crippen LogP contribution in [0.25, 0.3) is 17.1 Å². The molecule has 0 spiro atoms. The molecule has 4 rings (SSSR count). The van der Waals surface area contributed by atoms with Crippen molar-refractivity contribution in [3.63, 3.8) is 0 Å². The Hall–Kier alpha value is -2.79. The highest BCUT2D eigenvalue weighted by molar-refractivity contribution is 7.17. The van der Waals surface area contributed by atoms with Gasteiger partial charge in [-0.3, -0.25) is 0 Å². The summed E-state index contributed by atoms with van der Waals surface area (Å²) in [6, 6.07) is 18.5. The maximum absolute atomic E-state index is 4.64. The first kappa shape index (κ1) is 14.8. The van der Waals surface area contributed by atoms with E-state index in [1.54, 1.807) is 11.3 Å². The molecule has 2 aromatic carbocycles. The highest BCUT2D eigenvalue weighted by Gasteiger charge is 2.11. The Morgan fingerprint density at radius 1 is 0.958 bits per heavy atom. The molecule has 0 atom stereocenters. The molecule has 4 nitrogen and oxygen atoms in total. The summed E-state index contributed by atoms with van der Waals surface area (Å²) >= 11 is 1.54. The maximum Gasteiger partial charge on any atom is 0.234 e. The van der Waals surface area contributed by atoms with Crippen molar-refractivity contribution in [1.82, 2.24) is 19.8 Å². The average Bonchev–Trinajstić information content (AvgIpc) is 3.17. The van der Waals surface area contributed by atoms with Gasteiger partial charge in [-0.1, -0.05) is 72.0 Å². The Labute approximate surface area is 144 Å². The normalized spacial score (nSPS) is 11.5. The third-order valence-corrected chi connectivity index (χ3v) is 4.76. The van der Waals surface area contributed by atoms with Crippen LogP contribution in [0.15, 0.2) is 54.6 Å². The second kappa shape index (κ2) is 6.37. The predicted octanol–water partition coefficient (Wildman–Crippen LogP) is 4.26. The first-order valence-electron chi connectivity index (χ1n) is 7.78. The molecule has 0 bridgehead atoms. The lowest BCUT2D eigenvalue weighted by atomic mass is 10.1. The van der Waals surface area contributed by atoms with Gasteiger partial charge in [-0.15, -0.1) is 10.2 Å². The van der Waals surface area contributed by atoms with E-state index in [1.807, 2.05) is 34.9 Å². The van der Waals surface area contributed by atoms with Crippen LogP contribution < -0.4 is 0 Å². The molecule has 0 saturated heterocycles. The summed E-state index contributed by atoms with van der Waals surface area (Å²) in [6.07, 6.45) is 4.82.